The SMILES string of the molecule is CCC(Oc1ccccc1C(C)C)C(=O)NC1CCN(C2CCN(C)CC2)CC1. The van der Waals surface area contributed by atoms with Crippen LogP contribution in [0.2, 0.25) is 0 Å². The van der Waals surface area contributed by atoms with Crippen LogP contribution < -0.4 is 10.1 Å². The second kappa shape index (κ2) is 10.4. The van der Waals surface area contributed by atoms with Crippen LogP contribution in [0.25, 0.3) is 0 Å². The Morgan fingerprint density at radius 1 is 1.10 bits per heavy atom. The molecule has 1 atom stereocenters. The van der Waals surface area contributed by atoms with Crippen molar-refractivity contribution < 1.29 is 9.53 Å². The number of nitrogens with one attached hydrogen (secondary N) is 1. The molecule has 2 fully saturated rings. The van der Waals surface area contributed by atoms with Gasteiger partial charge in [0.15, 0.2) is 6.10 Å². The maximum Gasteiger partial charge on any atom is 0.261 e. The quantitative estimate of drug-likeness (QED) is 0.758. The van der Waals surface area contributed by atoms with Crippen LogP contribution in [0, 0.1) is 0 Å². The molecule has 3 rings (SSSR count). The molecule has 5 heteroatoms. The maximum atomic E-state index is 12.9. The van der Waals surface area contributed by atoms with E-state index in [0.29, 0.717) is 12.3 Å². The minimum atomic E-state index is -0.429. The average Bonchev–Trinajstić information content (AvgIpc) is 2.73. The monoisotopic (exact) mass is 401 g/mol. The summed E-state index contributed by atoms with van der Waals surface area (Å²) in [6.07, 6.45) is 4.87. The highest BCUT2D eigenvalue weighted by atomic mass is 16.5. The molecule has 5 nitrogen and oxygen atoms in total. The van der Waals surface area contributed by atoms with Gasteiger partial charge >= 0.3 is 0 Å². The van der Waals surface area contributed by atoms with E-state index in [1.54, 1.807) is 0 Å². The van der Waals surface area contributed by atoms with Crippen LogP contribution in [0.1, 0.15) is 64.4 Å². The van der Waals surface area contributed by atoms with Gasteiger partial charge in [0.05, 0.1) is 0 Å². The highest BCUT2D eigenvalue weighted by molar-refractivity contribution is 5.81. The second-order valence-corrected chi connectivity index (χ2v) is 9.06. The predicted octanol–water partition coefficient (Wildman–Crippen LogP) is 3.64. The molecule has 1 aromatic carbocycles. The first kappa shape index (κ1) is 22.1. The first-order valence-corrected chi connectivity index (χ1v) is 11.5. The number of carbonyl (C=O) groups excluding carboxylic acids is 1. The molecule has 2 aliphatic heterocycles. The number of amides is 1. The predicted molar refractivity (Wildman–Crippen MR) is 118 cm³/mol. The van der Waals surface area contributed by atoms with Crippen molar-refractivity contribution in [3.63, 3.8) is 0 Å². The largest absolute Gasteiger partial charge is 0.480 e. The molecule has 29 heavy (non-hydrogen) atoms. The number of rotatable bonds is 7. The standard InChI is InChI=1S/C24H39N3O2/c1-5-22(29-23-9-7-6-8-21(23)18(2)3)24(28)25-19-10-16-27(17-11-19)20-12-14-26(4)15-13-20/h6-9,18-20,22H,5,10-17H2,1-4H3,(H,25,28). The minimum absolute atomic E-state index is 0.0313. The number of nitrogens with zero attached hydrogens (tertiary/aromatic N) is 2. The minimum Gasteiger partial charge on any atom is -0.480 e. The van der Waals surface area contributed by atoms with Gasteiger partial charge < -0.3 is 19.9 Å². The summed E-state index contributed by atoms with van der Waals surface area (Å²) in [7, 11) is 2.21. The number of ether oxygens (including phenoxy) is 1. The Morgan fingerprint density at radius 3 is 2.38 bits per heavy atom. The smallest absolute Gasteiger partial charge is 0.261 e. The van der Waals surface area contributed by atoms with Gasteiger partial charge in [-0.2, -0.15) is 0 Å². The van der Waals surface area contributed by atoms with Gasteiger partial charge in [-0.3, -0.25) is 4.79 Å². The average molecular weight is 402 g/mol. The molecule has 2 saturated heterocycles. The number of hydrogen-bond donors (Lipinski definition) is 1. The molecule has 0 spiro atoms. The molecule has 2 aliphatic rings. The Kier molecular flexibility index (Phi) is 7.96. The fraction of sp³-hybridized carbons (Fsp3) is 0.708. The van der Waals surface area contributed by atoms with Crippen LogP contribution in [0.5, 0.6) is 5.75 Å². The summed E-state index contributed by atoms with van der Waals surface area (Å²) in [5.74, 6) is 1.24. The molecule has 0 saturated carbocycles. The molecule has 162 valence electrons. The van der Waals surface area contributed by atoms with Crippen LogP contribution in [-0.2, 0) is 4.79 Å². The van der Waals surface area contributed by atoms with Gasteiger partial charge in [0.25, 0.3) is 5.91 Å². The molecule has 0 bridgehead atoms. The molecule has 1 amide bonds. The van der Waals surface area contributed by atoms with Crippen LogP contribution in [0.15, 0.2) is 24.3 Å². The van der Waals surface area contributed by atoms with E-state index in [2.05, 4.69) is 42.1 Å². The molecule has 0 aliphatic carbocycles. The van der Waals surface area contributed by atoms with E-state index in [0.717, 1.165) is 43.3 Å². The van der Waals surface area contributed by atoms with Crippen molar-refractivity contribution in [1.29, 1.82) is 0 Å². The lowest BCUT2D eigenvalue weighted by Crippen LogP contribution is -2.52. The van der Waals surface area contributed by atoms with Crippen molar-refractivity contribution in [2.75, 3.05) is 33.2 Å². The fourth-order valence-corrected chi connectivity index (χ4v) is 4.60. The summed E-state index contributed by atoms with van der Waals surface area (Å²) < 4.78 is 6.16. The van der Waals surface area contributed by atoms with E-state index in [-0.39, 0.29) is 11.9 Å². The summed E-state index contributed by atoms with van der Waals surface area (Å²) in [4.78, 5) is 18.0. The van der Waals surface area contributed by atoms with Gasteiger partial charge in [-0.1, -0.05) is 39.0 Å². The van der Waals surface area contributed by atoms with E-state index in [4.69, 9.17) is 4.74 Å². The maximum absolute atomic E-state index is 12.9. The van der Waals surface area contributed by atoms with Crippen LogP contribution >= 0.6 is 0 Å². The summed E-state index contributed by atoms with van der Waals surface area (Å²) in [5, 5.41) is 3.27. The Morgan fingerprint density at radius 2 is 1.76 bits per heavy atom. The van der Waals surface area contributed by atoms with Gasteiger partial charge in [0.1, 0.15) is 5.75 Å². The third-order valence-corrected chi connectivity index (χ3v) is 6.55. The van der Waals surface area contributed by atoms with Crippen molar-refractivity contribution >= 4 is 5.91 Å². The van der Waals surface area contributed by atoms with Gasteiger partial charge in [-0.25, -0.2) is 0 Å². The summed E-state index contributed by atoms with van der Waals surface area (Å²) in [6, 6.07) is 9.06. The Bertz CT molecular complexity index is 647. The number of piperidine rings is 2. The van der Waals surface area contributed by atoms with E-state index in [1.807, 2.05) is 25.1 Å². The summed E-state index contributed by atoms with van der Waals surface area (Å²) >= 11 is 0. The van der Waals surface area contributed by atoms with Gasteiger partial charge in [0.2, 0.25) is 0 Å². The highest BCUT2D eigenvalue weighted by Gasteiger charge is 2.29. The first-order chi connectivity index (χ1) is 14.0. The first-order valence-electron chi connectivity index (χ1n) is 11.5. The topological polar surface area (TPSA) is 44.8 Å². The molecule has 1 aromatic rings. The number of hydrogen-bond acceptors (Lipinski definition) is 4. The number of para-hydroxylation sites is 1. The lowest BCUT2D eigenvalue weighted by atomic mass is 9.98. The van der Waals surface area contributed by atoms with Crippen molar-refractivity contribution in [2.24, 2.45) is 0 Å². The fourth-order valence-electron chi connectivity index (χ4n) is 4.60. The lowest BCUT2D eigenvalue weighted by molar-refractivity contribution is -0.129. The van der Waals surface area contributed by atoms with E-state index in [9.17, 15) is 4.79 Å². The number of likely N-dealkylation sites (tertiary alicyclic amines) is 2. The number of benzene rings is 1. The zero-order chi connectivity index (χ0) is 20.8. The van der Waals surface area contributed by atoms with E-state index in [1.165, 1.54) is 25.9 Å². The zero-order valence-corrected chi connectivity index (χ0v) is 18.7. The second-order valence-electron chi connectivity index (χ2n) is 9.06. The molecule has 2 heterocycles. The lowest BCUT2D eigenvalue weighted by Gasteiger charge is -2.41. The Balaban J connectivity index is 1.49. The van der Waals surface area contributed by atoms with Crippen molar-refractivity contribution in [1.82, 2.24) is 15.1 Å². The summed E-state index contributed by atoms with van der Waals surface area (Å²) in [5.41, 5.74) is 1.16. The normalized spacial score (nSPS) is 21.3. The molecular formula is C24H39N3O2. The van der Waals surface area contributed by atoms with Crippen LogP contribution in [-0.4, -0.2) is 67.1 Å². The molecule has 1 unspecified atom stereocenters. The van der Waals surface area contributed by atoms with Crippen molar-refractivity contribution in [3.05, 3.63) is 29.8 Å². The third kappa shape index (κ3) is 5.95. The highest BCUT2D eigenvalue weighted by Crippen LogP contribution is 2.27. The Labute approximate surface area is 176 Å². The molecule has 0 aromatic heterocycles. The van der Waals surface area contributed by atoms with Gasteiger partial charge in [0, 0.05) is 25.2 Å². The van der Waals surface area contributed by atoms with Crippen LogP contribution in [0.4, 0.5) is 0 Å². The van der Waals surface area contributed by atoms with Crippen molar-refractivity contribution in [2.45, 2.75) is 77.0 Å². The van der Waals surface area contributed by atoms with Crippen LogP contribution in [0.3, 0.4) is 0 Å². The molecule has 0 radical (unpaired) electrons. The third-order valence-electron chi connectivity index (χ3n) is 6.55. The van der Waals surface area contributed by atoms with Gasteiger partial charge in [-0.05, 0) is 69.8 Å². The number of carbonyl (C=O) groups is 1. The zero-order valence-electron chi connectivity index (χ0n) is 18.7. The Hall–Kier alpha value is -1.59. The summed E-state index contributed by atoms with van der Waals surface area (Å²) in [6.45, 7) is 10.9. The van der Waals surface area contributed by atoms with E-state index >= 15 is 0 Å². The van der Waals surface area contributed by atoms with Crippen molar-refractivity contribution in [3.8, 4) is 5.75 Å². The molecule has 1 N–H and O–H groups in total. The van der Waals surface area contributed by atoms with Gasteiger partial charge in [-0.15, -0.1) is 0 Å². The van der Waals surface area contributed by atoms with E-state index < -0.39 is 6.10 Å². The molecular weight excluding hydrogens is 362 g/mol.